The second-order valence-electron chi connectivity index (χ2n) is 7.84. The molecule has 26 heavy (non-hydrogen) atoms. The molecule has 0 amide bonds. The van der Waals surface area contributed by atoms with Gasteiger partial charge < -0.3 is 0 Å². The number of carbonyl (C=O) groups is 1. The monoisotopic (exact) mass is 369 g/mol. The summed E-state index contributed by atoms with van der Waals surface area (Å²) in [5.74, 6) is 0.184. The molecule has 0 aliphatic heterocycles. The van der Waals surface area contributed by atoms with Crippen LogP contribution in [-0.4, -0.2) is 17.1 Å². The first-order valence-corrected chi connectivity index (χ1v) is 10.1. The molecule has 0 radical (unpaired) electrons. The molecule has 0 aromatic heterocycles. The van der Waals surface area contributed by atoms with Gasteiger partial charge in [0.25, 0.3) is 0 Å². The summed E-state index contributed by atoms with van der Waals surface area (Å²) in [6, 6.07) is 18.4. The molecular weight excluding hydrogens is 342 g/mol. The molecule has 0 saturated heterocycles. The van der Waals surface area contributed by atoms with Crippen LogP contribution < -0.4 is 5.48 Å². The number of benzene rings is 2. The van der Waals surface area contributed by atoms with Crippen molar-refractivity contribution in [2.45, 2.75) is 61.7 Å². The van der Waals surface area contributed by atoms with E-state index < -0.39 is 0 Å². The van der Waals surface area contributed by atoms with E-state index in [0.717, 1.165) is 18.5 Å². The highest BCUT2D eigenvalue weighted by Gasteiger charge is 2.30. The number of ketones is 1. The molecule has 3 rings (SSSR count). The van der Waals surface area contributed by atoms with Gasteiger partial charge in [0.1, 0.15) is 6.10 Å². The van der Waals surface area contributed by atoms with Gasteiger partial charge in [0.2, 0.25) is 0 Å². The van der Waals surface area contributed by atoms with Crippen LogP contribution in [0.4, 0.5) is 5.69 Å². The third-order valence-corrected chi connectivity index (χ3v) is 5.93. The maximum atomic E-state index is 12.4. The number of hydrogen-bond acceptors (Lipinski definition) is 4. The first-order valence-electron chi connectivity index (χ1n) is 9.18. The van der Waals surface area contributed by atoms with Gasteiger partial charge in [0.05, 0.1) is 5.69 Å². The van der Waals surface area contributed by atoms with E-state index in [1.165, 1.54) is 10.5 Å². The van der Waals surface area contributed by atoms with Crippen molar-refractivity contribution >= 4 is 23.2 Å². The van der Waals surface area contributed by atoms with Gasteiger partial charge in [0, 0.05) is 16.6 Å². The Kier molecular flexibility index (Phi) is 6.05. The minimum atomic E-state index is -0.352. The second-order valence-corrected chi connectivity index (χ2v) is 9.21. The molecule has 138 valence electrons. The minimum absolute atomic E-state index is 0.167. The lowest BCUT2D eigenvalue weighted by atomic mass is 9.87. The first kappa shape index (κ1) is 19.0. The Balaban J connectivity index is 1.50. The van der Waals surface area contributed by atoms with Crippen molar-refractivity contribution in [3.05, 3.63) is 60.2 Å². The third-order valence-electron chi connectivity index (χ3n) is 4.65. The zero-order valence-electron chi connectivity index (χ0n) is 15.7. The van der Waals surface area contributed by atoms with Gasteiger partial charge in [-0.1, -0.05) is 51.1 Å². The number of rotatable bonds is 5. The topological polar surface area (TPSA) is 38.3 Å². The molecule has 0 spiro atoms. The lowest BCUT2D eigenvalue weighted by molar-refractivity contribution is -0.130. The molecule has 2 aromatic rings. The van der Waals surface area contributed by atoms with Crippen LogP contribution in [0.1, 0.15) is 45.6 Å². The average Bonchev–Trinajstić information content (AvgIpc) is 2.62. The van der Waals surface area contributed by atoms with Crippen molar-refractivity contribution in [2.24, 2.45) is 0 Å². The van der Waals surface area contributed by atoms with Crippen LogP contribution in [-0.2, 0) is 15.0 Å². The van der Waals surface area contributed by atoms with Crippen molar-refractivity contribution in [2.75, 3.05) is 5.48 Å². The molecule has 2 aromatic carbocycles. The maximum Gasteiger partial charge on any atom is 0.165 e. The Morgan fingerprint density at radius 1 is 1.00 bits per heavy atom. The van der Waals surface area contributed by atoms with Crippen molar-refractivity contribution in [3.63, 3.8) is 0 Å². The van der Waals surface area contributed by atoms with Gasteiger partial charge in [-0.25, -0.2) is 0 Å². The van der Waals surface area contributed by atoms with Crippen molar-refractivity contribution in [1.82, 2.24) is 0 Å². The Labute approximate surface area is 160 Å². The summed E-state index contributed by atoms with van der Waals surface area (Å²) in [6.07, 6.45) is 1.96. The predicted molar refractivity (Wildman–Crippen MR) is 109 cm³/mol. The molecule has 1 aliphatic carbocycles. The van der Waals surface area contributed by atoms with Crippen molar-refractivity contribution in [1.29, 1.82) is 0 Å². The predicted octanol–water partition coefficient (Wildman–Crippen LogP) is 5.61. The molecule has 0 unspecified atom stereocenters. The Hall–Kier alpha value is -1.78. The normalized spacial score (nSPS) is 20.8. The van der Waals surface area contributed by atoms with Crippen LogP contribution in [0, 0.1) is 0 Å². The number of hydrogen-bond donors (Lipinski definition) is 1. The van der Waals surface area contributed by atoms with E-state index in [1.807, 2.05) is 42.1 Å². The van der Waals surface area contributed by atoms with Crippen LogP contribution in [0.25, 0.3) is 0 Å². The Bertz CT molecular complexity index is 722. The van der Waals surface area contributed by atoms with Crippen LogP contribution in [0.2, 0.25) is 0 Å². The molecule has 1 fully saturated rings. The molecule has 1 saturated carbocycles. The standard InChI is InChI=1S/C22H27NO2S/c1-22(2,3)16-9-11-18(12-10-16)26-19-13-14-21(20(24)15-19)25-23-17-7-5-4-6-8-17/h4-12,19,21,23H,13-15H2,1-3H3/t19-,21+/m0/s1. The molecule has 0 bridgehead atoms. The fraction of sp³-hybridized carbons (Fsp3) is 0.409. The smallest absolute Gasteiger partial charge is 0.165 e. The number of nitrogens with one attached hydrogen (secondary N) is 1. The zero-order valence-corrected chi connectivity index (χ0v) is 16.5. The molecular formula is C22H27NO2S. The quantitative estimate of drug-likeness (QED) is 0.695. The number of Topliss-reactive ketones (excluding diaryl/α,β-unsaturated/α-hetero) is 1. The van der Waals surface area contributed by atoms with E-state index in [-0.39, 0.29) is 17.3 Å². The van der Waals surface area contributed by atoms with Gasteiger partial charge in [-0.15, -0.1) is 11.8 Å². The fourth-order valence-corrected chi connectivity index (χ4v) is 4.23. The van der Waals surface area contributed by atoms with E-state index in [9.17, 15) is 4.79 Å². The highest BCUT2D eigenvalue weighted by atomic mass is 32.2. The maximum absolute atomic E-state index is 12.4. The van der Waals surface area contributed by atoms with E-state index in [1.54, 1.807) is 0 Å². The summed E-state index contributed by atoms with van der Waals surface area (Å²) in [4.78, 5) is 19.3. The fourth-order valence-electron chi connectivity index (χ4n) is 3.05. The Morgan fingerprint density at radius 3 is 2.31 bits per heavy atom. The first-order chi connectivity index (χ1) is 12.4. The average molecular weight is 370 g/mol. The van der Waals surface area contributed by atoms with Gasteiger partial charge in [0.15, 0.2) is 5.78 Å². The van der Waals surface area contributed by atoms with E-state index >= 15 is 0 Å². The van der Waals surface area contributed by atoms with Crippen LogP contribution >= 0.6 is 11.8 Å². The van der Waals surface area contributed by atoms with Crippen molar-refractivity contribution in [3.8, 4) is 0 Å². The lowest BCUT2D eigenvalue weighted by Crippen LogP contribution is -2.34. The summed E-state index contributed by atoms with van der Waals surface area (Å²) in [7, 11) is 0. The zero-order chi connectivity index (χ0) is 18.6. The van der Waals surface area contributed by atoms with E-state index in [0.29, 0.717) is 11.7 Å². The number of thioether (sulfide) groups is 1. The van der Waals surface area contributed by atoms with Gasteiger partial charge >= 0.3 is 0 Å². The number of anilines is 1. The Morgan fingerprint density at radius 2 is 1.69 bits per heavy atom. The summed E-state index contributed by atoms with van der Waals surface area (Å²) >= 11 is 1.81. The summed E-state index contributed by atoms with van der Waals surface area (Å²) in [6.45, 7) is 6.66. The van der Waals surface area contributed by atoms with Crippen LogP contribution in [0.15, 0.2) is 59.5 Å². The molecule has 3 nitrogen and oxygen atoms in total. The van der Waals surface area contributed by atoms with Crippen LogP contribution in [0.3, 0.4) is 0 Å². The molecule has 1 N–H and O–H groups in total. The minimum Gasteiger partial charge on any atom is -0.297 e. The van der Waals surface area contributed by atoms with Crippen LogP contribution in [0.5, 0.6) is 0 Å². The van der Waals surface area contributed by atoms with Gasteiger partial charge in [-0.05, 0) is 48.1 Å². The summed E-state index contributed by atoms with van der Waals surface area (Å²) in [5, 5.41) is 0.333. The number of para-hydroxylation sites is 1. The largest absolute Gasteiger partial charge is 0.297 e. The summed E-state index contributed by atoms with van der Waals surface area (Å²) < 4.78 is 0. The van der Waals surface area contributed by atoms with Crippen molar-refractivity contribution < 1.29 is 9.63 Å². The highest BCUT2D eigenvalue weighted by Crippen LogP contribution is 2.34. The molecule has 4 heteroatoms. The van der Waals surface area contributed by atoms with E-state index in [4.69, 9.17) is 4.84 Å². The molecule has 1 aliphatic rings. The lowest BCUT2D eigenvalue weighted by Gasteiger charge is -2.27. The second kappa shape index (κ2) is 8.28. The third kappa shape index (κ3) is 5.12. The van der Waals surface area contributed by atoms with E-state index in [2.05, 4.69) is 50.5 Å². The molecule has 0 heterocycles. The van der Waals surface area contributed by atoms with Gasteiger partial charge in [-0.3, -0.25) is 15.1 Å². The highest BCUT2D eigenvalue weighted by molar-refractivity contribution is 8.00. The SMILES string of the molecule is CC(C)(C)c1ccc(S[C@H]2CC[C@@H](ONc3ccccc3)C(=O)C2)cc1. The number of carbonyl (C=O) groups excluding carboxylic acids is 1. The summed E-state index contributed by atoms with van der Waals surface area (Å²) in [5.41, 5.74) is 5.28. The van der Waals surface area contributed by atoms with Gasteiger partial charge in [-0.2, -0.15) is 0 Å². The molecule has 2 atom stereocenters.